The maximum atomic E-state index is 5.93. The first kappa shape index (κ1) is 17.8. The minimum atomic E-state index is 0.538. The van der Waals surface area contributed by atoms with Gasteiger partial charge in [-0.2, -0.15) is 0 Å². The molecule has 25 heavy (non-hydrogen) atoms. The largest absolute Gasteiger partial charge is 0.255 e. The number of halogens is 1. The first-order valence-electron chi connectivity index (χ1n) is 9.09. The van der Waals surface area contributed by atoms with Crippen LogP contribution >= 0.6 is 11.6 Å². The molecule has 1 aliphatic rings. The van der Waals surface area contributed by atoms with Crippen molar-refractivity contribution in [2.45, 2.75) is 38.5 Å². The standard InChI is InChI=1S/C23H24ClN/c1-2-3-4-18-5-7-19(8-6-18)9-10-20-11-16-23(25-17-20)21-12-14-22(24)15-13-21/h2,11-19H,1,3-8H2/t18-,19-. The summed E-state index contributed by atoms with van der Waals surface area (Å²) in [4.78, 5) is 4.53. The zero-order valence-corrected chi connectivity index (χ0v) is 15.3. The molecule has 1 aromatic heterocycles. The molecule has 0 atom stereocenters. The predicted octanol–water partition coefficient (Wildman–Crippen LogP) is 6.53. The van der Waals surface area contributed by atoms with Gasteiger partial charge in [0.15, 0.2) is 0 Å². The minimum absolute atomic E-state index is 0.538. The summed E-state index contributed by atoms with van der Waals surface area (Å²) in [6.45, 7) is 3.82. The fourth-order valence-corrected chi connectivity index (χ4v) is 3.52. The van der Waals surface area contributed by atoms with Gasteiger partial charge in [0.1, 0.15) is 0 Å². The first-order chi connectivity index (χ1) is 12.2. The van der Waals surface area contributed by atoms with Gasteiger partial charge in [-0.05, 0) is 68.7 Å². The lowest BCUT2D eigenvalue weighted by Gasteiger charge is -2.25. The van der Waals surface area contributed by atoms with Crippen molar-refractivity contribution in [3.63, 3.8) is 0 Å². The van der Waals surface area contributed by atoms with Crippen molar-refractivity contribution in [2.24, 2.45) is 11.8 Å². The van der Waals surface area contributed by atoms with E-state index in [-0.39, 0.29) is 0 Å². The molecular weight excluding hydrogens is 326 g/mol. The second-order valence-corrected chi connectivity index (χ2v) is 7.23. The maximum Gasteiger partial charge on any atom is 0.0702 e. The van der Waals surface area contributed by atoms with Crippen LogP contribution in [0, 0.1) is 23.7 Å². The molecular formula is C23H24ClN. The number of allylic oxidation sites excluding steroid dienone is 1. The van der Waals surface area contributed by atoms with Crippen LogP contribution in [0.3, 0.4) is 0 Å². The number of nitrogens with zero attached hydrogens (tertiary/aromatic N) is 1. The summed E-state index contributed by atoms with van der Waals surface area (Å²) in [5, 5.41) is 0.741. The molecule has 0 radical (unpaired) electrons. The topological polar surface area (TPSA) is 12.9 Å². The Morgan fingerprint density at radius 3 is 2.48 bits per heavy atom. The summed E-state index contributed by atoms with van der Waals surface area (Å²) in [5.74, 6) is 8.17. The highest BCUT2D eigenvalue weighted by Crippen LogP contribution is 2.31. The first-order valence-corrected chi connectivity index (χ1v) is 9.47. The van der Waals surface area contributed by atoms with Gasteiger partial charge in [-0.25, -0.2) is 0 Å². The van der Waals surface area contributed by atoms with E-state index < -0.39 is 0 Å². The highest BCUT2D eigenvalue weighted by Gasteiger charge is 2.18. The fourth-order valence-electron chi connectivity index (χ4n) is 3.39. The van der Waals surface area contributed by atoms with Crippen LogP contribution in [-0.2, 0) is 0 Å². The molecule has 0 amide bonds. The Morgan fingerprint density at radius 1 is 1.08 bits per heavy atom. The zero-order valence-electron chi connectivity index (χ0n) is 14.5. The van der Waals surface area contributed by atoms with Gasteiger partial charge >= 0.3 is 0 Å². The summed E-state index contributed by atoms with van der Waals surface area (Å²) in [6, 6.07) is 11.8. The van der Waals surface area contributed by atoms with Crippen LogP contribution in [0.2, 0.25) is 5.02 Å². The van der Waals surface area contributed by atoms with Crippen molar-refractivity contribution < 1.29 is 0 Å². The van der Waals surface area contributed by atoms with Crippen molar-refractivity contribution in [1.29, 1.82) is 0 Å². The zero-order chi connectivity index (χ0) is 17.5. The Hall–Kier alpha value is -2.04. The number of rotatable bonds is 4. The summed E-state index contributed by atoms with van der Waals surface area (Å²) >= 11 is 5.93. The molecule has 2 aromatic rings. The Labute approximate surface area is 156 Å². The number of hydrogen-bond donors (Lipinski definition) is 0. The highest BCUT2D eigenvalue weighted by atomic mass is 35.5. The quantitative estimate of drug-likeness (QED) is 0.452. The van der Waals surface area contributed by atoms with E-state index in [0.29, 0.717) is 5.92 Å². The average molecular weight is 350 g/mol. The third-order valence-corrected chi connectivity index (χ3v) is 5.20. The van der Waals surface area contributed by atoms with Gasteiger partial charge < -0.3 is 0 Å². The molecule has 128 valence electrons. The molecule has 2 heteroatoms. The molecule has 0 spiro atoms. The van der Waals surface area contributed by atoms with Gasteiger partial charge in [-0.1, -0.05) is 41.7 Å². The number of aromatic nitrogens is 1. The molecule has 1 nitrogen and oxygen atoms in total. The van der Waals surface area contributed by atoms with Crippen LogP contribution in [0.25, 0.3) is 11.3 Å². The van der Waals surface area contributed by atoms with Gasteiger partial charge in [-0.15, -0.1) is 6.58 Å². The molecule has 0 unspecified atom stereocenters. The smallest absolute Gasteiger partial charge is 0.0702 e. The highest BCUT2D eigenvalue weighted by molar-refractivity contribution is 6.30. The van der Waals surface area contributed by atoms with E-state index in [1.807, 2.05) is 42.6 Å². The summed E-state index contributed by atoms with van der Waals surface area (Å²) in [5.41, 5.74) is 3.01. The Morgan fingerprint density at radius 2 is 1.84 bits per heavy atom. The van der Waals surface area contributed by atoms with E-state index in [2.05, 4.69) is 29.5 Å². The lowest BCUT2D eigenvalue weighted by atomic mass is 9.80. The third kappa shape index (κ3) is 5.21. The monoisotopic (exact) mass is 349 g/mol. The Bertz CT molecular complexity index is 741. The van der Waals surface area contributed by atoms with E-state index in [9.17, 15) is 0 Å². The van der Waals surface area contributed by atoms with E-state index >= 15 is 0 Å². The van der Waals surface area contributed by atoms with E-state index in [1.54, 1.807) is 0 Å². The maximum absolute atomic E-state index is 5.93. The van der Waals surface area contributed by atoms with Crippen molar-refractivity contribution in [1.82, 2.24) is 4.98 Å². The van der Waals surface area contributed by atoms with Crippen molar-refractivity contribution in [2.75, 3.05) is 0 Å². The third-order valence-electron chi connectivity index (χ3n) is 4.95. The van der Waals surface area contributed by atoms with Crippen LogP contribution in [0.5, 0.6) is 0 Å². The van der Waals surface area contributed by atoms with Crippen LogP contribution < -0.4 is 0 Å². The predicted molar refractivity (Wildman–Crippen MR) is 106 cm³/mol. The van der Waals surface area contributed by atoms with Crippen molar-refractivity contribution in [3.8, 4) is 23.1 Å². The molecule has 1 fully saturated rings. The molecule has 1 saturated carbocycles. The molecule has 0 saturated heterocycles. The summed E-state index contributed by atoms with van der Waals surface area (Å²) in [7, 11) is 0. The Kier molecular flexibility index (Phi) is 6.31. The van der Waals surface area contributed by atoms with Crippen molar-refractivity contribution in [3.05, 3.63) is 65.8 Å². The molecule has 0 N–H and O–H groups in total. The number of pyridine rings is 1. The van der Waals surface area contributed by atoms with Crippen LogP contribution in [0.15, 0.2) is 55.3 Å². The second-order valence-electron chi connectivity index (χ2n) is 6.79. The van der Waals surface area contributed by atoms with Gasteiger partial charge in [-0.3, -0.25) is 4.98 Å². The van der Waals surface area contributed by atoms with E-state index in [1.165, 1.54) is 32.1 Å². The van der Waals surface area contributed by atoms with Crippen LogP contribution in [0.1, 0.15) is 44.1 Å². The Balaban J connectivity index is 1.57. The molecule has 3 rings (SSSR count). The van der Waals surface area contributed by atoms with E-state index in [4.69, 9.17) is 11.6 Å². The molecule has 0 bridgehead atoms. The molecule has 1 aliphatic carbocycles. The van der Waals surface area contributed by atoms with Gasteiger partial charge in [0.2, 0.25) is 0 Å². The lowest BCUT2D eigenvalue weighted by Crippen LogP contribution is -2.13. The number of hydrogen-bond acceptors (Lipinski definition) is 1. The van der Waals surface area contributed by atoms with Crippen molar-refractivity contribution >= 4 is 11.6 Å². The van der Waals surface area contributed by atoms with Crippen LogP contribution in [-0.4, -0.2) is 4.98 Å². The average Bonchev–Trinajstić information content (AvgIpc) is 2.67. The van der Waals surface area contributed by atoms with Gasteiger partial charge in [0.05, 0.1) is 5.69 Å². The molecule has 0 aliphatic heterocycles. The van der Waals surface area contributed by atoms with Crippen LogP contribution in [0.4, 0.5) is 0 Å². The summed E-state index contributed by atoms with van der Waals surface area (Å²) in [6.07, 6.45) is 11.4. The second kappa shape index (κ2) is 8.88. The fraction of sp³-hybridized carbons (Fsp3) is 0.348. The van der Waals surface area contributed by atoms with Gasteiger partial charge in [0.25, 0.3) is 0 Å². The number of benzene rings is 1. The minimum Gasteiger partial charge on any atom is -0.255 e. The SMILES string of the molecule is C=CCC[C@H]1CC[C@H](C#Cc2ccc(-c3ccc(Cl)cc3)nc2)CC1. The summed E-state index contributed by atoms with van der Waals surface area (Å²) < 4.78 is 0. The lowest BCUT2D eigenvalue weighted by molar-refractivity contribution is 0.303. The normalized spacial score (nSPS) is 19.7. The molecule has 1 aromatic carbocycles. The molecule has 1 heterocycles. The van der Waals surface area contributed by atoms with Gasteiger partial charge in [0, 0.05) is 28.3 Å². The van der Waals surface area contributed by atoms with E-state index in [0.717, 1.165) is 34.2 Å².